The van der Waals surface area contributed by atoms with Gasteiger partial charge in [0.05, 0.1) is 21.8 Å². The average Bonchev–Trinajstić information content (AvgIpc) is 3.30. The standard InChI is InChI=1S/C26H26N6O2S/c33-24-23(35-26(34)31-24)11-19-9-10-28-25(30-19)32-14-17-5-6-18(15-32)21(17)13-27-12-20-8-7-16-3-1-2-4-22(16)29-20/h1-4,7-11,17-18,21,27H,5-6,12-15H2,(H,31,33,34)/t17-,18+,21?. The number of hydrogen-bond donors (Lipinski definition) is 2. The van der Waals surface area contributed by atoms with Gasteiger partial charge in [-0.05, 0) is 73.2 Å². The fraction of sp³-hybridized carbons (Fsp3) is 0.346. The molecule has 2 bridgehead atoms. The number of amides is 2. The first-order valence-corrected chi connectivity index (χ1v) is 12.8. The molecule has 178 valence electrons. The molecule has 35 heavy (non-hydrogen) atoms. The first-order chi connectivity index (χ1) is 17.1. The molecule has 1 unspecified atom stereocenters. The summed E-state index contributed by atoms with van der Waals surface area (Å²) in [6.45, 7) is 3.64. The topological polar surface area (TPSA) is 100 Å². The zero-order valence-corrected chi connectivity index (χ0v) is 20.0. The number of nitrogens with zero attached hydrogens (tertiary/aromatic N) is 4. The zero-order valence-electron chi connectivity index (χ0n) is 19.2. The smallest absolute Gasteiger partial charge is 0.290 e. The van der Waals surface area contributed by atoms with Crippen LogP contribution in [0.4, 0.5) is 10.7 Å². The Balaban J connectivity index is 1.08. The number of thioether (sulfide) groups is 1. The van der Waals surface area contributed by atoms with Gasteiger partial charge in [-0.3, -0.25) is 19.9 Å². The molecule has 2 saturated heterocycles. The van der Waals surface area contributed by atoms with Gasteiger partial charge in [-0.15, -0.1) is 0 Å². The third kappa shape index (κ3) is 4.66. The highest BCUT2D eigenvalue weighted by Crippen LogP contribution is 2.42. The minimum absolute atomic E-state index is 0.348. The van der Waals surface area contributed by atoms with Crippen LogP contribution in [0, 0.1) is 17.8 Å². The van der Waals surface area contributed by atoms with Crippen LogP contribution in [0.2, 0.25) is 0 Å². The number of hydrogen-bond acceptors (Lipinski definition) is 8. The van der Waals surface area contributed by atoms with E-state index in [4.69, 9.17) is 4.98 Å². The van der Waals surface area contributed by atoms with E-state index < -0.39 is 0 Å². The molecule has 1 aromatic carbocycles. The Kier molecular flexibility index (Phi) is 5.95. The predicted molar refractivity (Wildman–Crippen MR) is 137 cm³/mol. The monoisotopic (exact) mass is 486 g/mol. The summed E-state index contributed by atoms with van der Waals surface area (Å²) >= 11 is 0.903. The summed E-state index contributed by atoms with van der Waals surface area (Å²) in [7, 11) is 0. The van der Waals surface area contributed by atoms with Gasteiger partial charge in [0.2, 0.25) is 5.95 Å². The summed E-state index contributed by atoms with van der Waals surface area (Å²) in [5, 5.41) is 6.76. The van der Waals surface area contributed by atoms with Crippen LogP contribution in [-0.4, -0.2) is 45.7 Å². The van der Waals surface area contributed by atoms with Crippen molar-refractivity contribution in [3.05, 3.63) is 65.0 Å². The van der Waals surface area contributed by atoms with Gasteiger partial charge in [0.15, 0.2) is 0 Å². The molecular formula is C26H26N6O2S. The van der Waals surface area contributed by atoms with Crippen molar-refractivity contribution in [2.75, 3.05) is 24.5 Å². The predicted octanol–water partition coefficient (Wildman–Crippen LogP) is 3.60. The molecule has 4 heterocycles. The van der Waals surface area contributed by atoms with E-state index in [1.807, 2.05) is 12.1 Å². The number of anilines is 1. The van der Waals surface area contributed by atoms with Crippen molar-refractivity contribution in [1.82, 2.24) is 25.6 Å². The minimum atomic E-state index is -0.370. The lowest BCUT2D eigenvalue weighted by molar-refractivity contribution is -0.115. The molecule has 3 aromatic rings. The van der Waals surface area contributed by atoms with Gasteiger partial charge in [-0.2, -0.15) is 0 Å². The number of carbonyl (C=O) groups is 2. The normalized spacial score (nSPS) is 25.0. The minimum Gasteiger partial charge on any atom is -0.340 e. The Morgan fingerprint density at radius 1 is 1.06 bits per heavy atom. The first kappa shape index (κ1) is 22.2. The third-order valence-electron chi connectivity index (χ3n) is 7.24. The highest BCUT2D eigenvalue weighted by atomic mass is 32.2. The van der Waals surface area contributed by atoms with Gasteiger partial charge in [0, 0.05) is 31.2 Å². The third-order valence-corrected chi connectivity index (χ3v) is 8.05. The van der Waals surface area contributed by atoms with Crippen molar-refractivity contribution in [3.63, 3.8) is 0 Å². The molecule has 2 N–H and O–H groups in total. The van der Waals surface area contributed by atoms with Gasteiger partial charge < -0.3 is 10.2 Å². The number of piperidine rings is 1. The van der Waals surface area contributed by atoms with E-state index in [-0.39, 0.29) is 11.1 Å². The van der Waals surface area contributed by atoms with Gasteiger partial charge in [0.25, 0.3) is 11.1 Å². The van der Waals surface area contributed by atoms with Crippen LogP contribution < -0.4 is 15.5 Å². The fourth-order valence-electron chi connectivity index (χ4n) is 5.56. The molecule has 3 fully saturated rings. The van der Waals surface area contributed by atoms with E-state index in [9.17, 15) is 9.59 Å². The van der Waals surface area contributed by atoms with Crippen LogP contribution in [-0.2, 0) is 11.3 Å². The van der Waals surface area contributed by atoms with Crippen molar-refractivity contribution in [2.45, 2.75) is 19.4 Å². The number of fused-ring (bicyclic) bond motifs is 3. The molecule has 3 aliphatic rings. The Hall–Kier alpha value is -3.30. The second-order valence-electron chi connectivity index (χ2n) is 9.43. The molecule has 2 aromatic heterocycles. The Morgan fingerprint density at radius 3 is 2.69 bits per heavy atom. The largest absolute Gasteiger partial charge is 0.340 e. The van der Waals surface area contributed by atoms with Crippen LogP contribution in [0.3, 0.4) is 0 Å². The second-order valence-corrected chi connectivity index (χ2v) is 10.4. The summed E-state index contributed by atoms with van der Waals surface area (Å²) in [6.07, 6.45) is 5.83. The number of pyridine rings is 1. The average molecular weight is 487 g/mol. The molecule has 8 nitrogen and oxygen atoms in total. The van der Waals surface area contributed by atoms with Crippen LogP contribution >= 0.6 is 11.8 Å². The number of carbonyl (C=O) groups excluding carboxylic acids is 2. The molecule has 2 amide bonds. The lowest BCUT2D eigenvalue weighted by Crippen LogP contribution is -2.45. The lowest BCUT2D eigenvalue weighted by atomic mass is 9.85. The van der Waals surface area contributed by atoms with Crippen LogP contribution in [0.25, 0.3) is 17.0 Å². The Bertz CT molecular complexity index is 1310. The molecule has 3 atom stereocenters. The molecular weight excluding hydrogens is 460 g/mol. The van der Waals surface area contributed by atoms with Crippen molar-refractivity contribution in [1.29, 1.82) is 0 Å². The SMILES string of the molecule is O=C1NC(=O)C(=Cc2ccnc(N3C[C@H]4CC[C@@H](C3)C4CNCc3ccc4ccccc4n3)n2)S1. The van der Waals surface area contributed by atoms with Crippen molar-refractivity contribution >= 4 is 45.8 Å². The summed E-state index contributed by atoms with van der Waals surface area (Å²) in [5.74, 6) is 2.17. The first-order valence-electron chi connectivity index (χ1n) is 12.0. The van der Waals surface area contributed by atoms with E-state index in [1.165, 1.54) is 18.2 Å². The van der Waals surface area contributed by atoms with E-state index in [0.717, 1.165) is 49.2 Å². The second kappa shape index (κ2) is 9.39. The van der Waals surface area contributed by atoms with Crippen LogP contribution in [0.1, 0.15) is 24.2 Å². The molecule has 2 aliphatic heterocycles. The number of nitrogens with one attached hydrogen (secondary N) is 2. The van der Waals surface area contributed by atoms with Gasteiger partial charge in [-0.25, -0.2) is 9.97 Å². The van der Waals surface area contributed by atoms with Crippen molar-refractivity contribution in [3.8, 4) is 0 Å². The molecule has 0 spiro atoms. The number of benzene rings is 1. The Labute approximate surface area is 207 Å². The molecule has 6 rings (SSSR count). The number of para-hydroxylation sites is 1. The molecule has 1 aliphatic carbocycles. The maximum atomic E-state index is 11.9. The van der Waals surface area contributed by atoms with E-state index in [1.54, 1.807) is 18.3 Å². The maximum absolute atomic E-state index is 11.9. The fourth-order valence-corrected chi connectivity index (χ4v) is 6.22. The van der Waals surface area contributed by atoms with E-state index >= 15 is 0 Å². The van der Waals surface area contributed by atoms with E-state index in [0.29, 0.717) is 34.3 Å². The van der Waals surface area contributed by atoms with Crippen molar-refractivity contribution < 1.29 is 9.59 Å². The lowest BCUT2D eigenvalue weighted by Gasteiger charge is -2.38. The van der Waals surface area contributed by atoms with Crippen molar-refractivity contribution in [2.24, 2.45) is 17.8 Å². The highest BCUT2D eigenvalue weighted by molar-refractivity contribution is 8.18. The number of aromatic nitrogens is 3. The summed E-state index contributed by atoms with van der Waals surface area (Å²) in [6, 6.07) is 14.2. The highest BCUT2D eigenvalue weighted by Gasteiger charge is 2.42. The molecule has 9 heteroatoms. The summed E-state index contributed by atoms with van der Waals surface area (Å²) in [4.78, 5) is 39.9. The zero-order chi connectivity index (χ0) is 23.8. The van der Waals surface area contributed by atoms with Crippen LogP contribution in [0.15, 0.2) is 53.6 Å². The maximum Gasteiger partial charge on any atom is 0.290 e. The van der Waals surface area contributed by atoms with Gasteiger partial charge in [0.1, 0.15) is 0 Å². The van der Waals surface area contributed by atoms with Gasteiger partial charge >= 0.3 is 0 Å². The summed E-state index contributed by atoms with van der Waals surface area (Å²) in [5.41, 5.74) is 2.75. The van der Waals surface area contributed by atoms with E-state index in [2.05, 4.69) is 49.8 Å². The molecule has 1 saturated carbocycles. The Morgan fingerprint density at radius 2 is 1.89 bits per heavy atom. The molecule has 0 radical (unpaired) electrons. The number of rotatable bonds is 6. The van der Waals surface area contributed by atoms with Crippen LogP contribution in [0.5, 0.6) is 0 Å². The summed E-state index contributed by atoms with van der Waals surface area (Å²) < 4.78 is 0. The van der Waals surface area contributed by atoms with Gasteiger partial charge in [-0.1, -0.05) is 24.3 Å². The number of imide groups is 1. The quantitative estimate of drug-likeness (QED) is 0.510.